The van der Waals surface area contributed by atoms with Crippen LogP contribution in [-0.4, -0.2) is 6.04 Å². The Morgan fingerprint density at radius 3 is 3.07 bits per heavy atom. The fourth-order valence-electron chi connectivity index (χ4n) is 2.98. The van der Waals surface area contributed by atoms with Crippen LogP contribution in [0.15, 0.2) is 18.2 Å². The van der Waals surface area contributed by atoms with Gasteiger partial charge in [-0.3, -0.25) is 0 Å². The van der Waals surface area contributed by atoms with Crippen LogP contribution in [0.5, 0.6) is 0 Å². The van der Waals surface area contributed by atoms with Crippen molar-refractivity contribution in [1.82, 2.24) is 0 Å². The van der Waals surface area contributed by atoms with Crippen LogP contribution in [0.2, 0.25) is 5.02 Å². The van der Waals surface area contributed by atoms with E-state index >= 15 is 0 Å². The standard InChI is InChI=1S/C12H15ClN2/c13-9-5-1-4-8-11(14)7-3-2-6-10(7)15-12(8)9/h1,4-5,7,10-11,15H,2-3,6,14H2. The zero-order valence-corrected chi connectivity index (χ0v) is 9.30. The Balaban J connectivity index is 2.08. The van der Waals surface area contributed by atoms with E-state index in [1.54, 1.807) is 0 Å². The van der Waals surface area contributed by atoms with Crippen molar-refractivity contribution in [2.45, 2.75) is 31.3 Å². The van der Waals surface area contributed by atoms with Crippen molar-refractivity contribution in [3.8, 4) is 0 Å². The number of para-hydroxylation sites is 1. The van der Waals surface area contributed by atoms with E-state index < -0.39 is 0 Å². The predicted octanol–water partition coefficient (Wildman–Crippen LogP) is 2.93. The van der Waals surface area contributed by atoms with E-state index in [1.807, 2.05) is 12.1 Å². The van der Waals surface area contributed by atoms with Crippen LogP contribution in [-0.2, 0) is 0 Å². The molecule has 3 heteroatoms. The number of nitrogens with one attached hydrogen (secondary N) is 1. The third-order valence-electron chi connectivity index (χ3n) is 3.77. The molecule has 3 unspecified atom stereocenters. The van der Waals surface area contributed by atoms with E-state index in [2.05, 4.69) is 11.4 Å². The molecule has 1 aromatic carbocycles. The molecule has 2 aliphatic rings. The Bertz CT molecular complexity index is 391. The normalized spacial score (nSPS) is 33.1. The summed E-state index contributed by atoms with van der Waals surface area (Å²) >= 11 is 6.18. The number of rotatable bonds is 0. The van der Waals surface area contributed by atoms with Gasteiger partial charge in [0.1, 0.15) is 0 Å². The molecule has 0 aromatic heterocycles. The summed E-state index contributed by atoms with van der Waals surface area (Å²) in [6.45, 7) is 0. The highest BCUT2D eigenvalue weighted by Gasteiger charge is 2.38. The summed E-state index contributed by atoms with van der Waals surface area (Å²) in [5.74, 6) is 0.593. The molecule has 0 bridgehead atoms. The topological polar surface area (TPSA) is 38.0 Å². The number of hydrogen-bond donors (Lipinski definition) is 2. The summed E-state index contributed by atoms with van der Waals surface area (Å²) < 4.78 is 0. The van der Waals surface area contributed by atoms with Crippen molar-refractivity contribution in [1.29, 1.82) is 0 Å². The van der Waals surface area contributed by atoms with Crippen LogP contribution in [0.4, 0.5) is 5.69 Å². The number of fused-ring (bicyclic) bond motifs is 2. The van der Waals surface area contributed by atoms with Crippen LogP contribution in [0, 0.1) is 5.92 Å². The number of hydrogen-bond acceptors (Lipinski definition) is 2. The second kappa shape index (κ2) is 3.39. The van der Waals surface area contributed by atoms with Gasteiger partial charge in [0.2, 0.25) is 0 Å². The zero-order valence-electron chi connectivity index (χ0n) is 8.54. The summed E-state index contributed by atoms with van der Waals surface area (Å²) in [5.41, 5.74) is 8.55. The highest BCUT2D eigenvalue weighted by Crippen LogP contribution is 2.45. The first-order chi connectivity index (χ1) is 7.27. The van der Waals surface area contributed by atoms with Crippen LogP contribution < -0.4 is 11.1 Å². The zero-order chi connectivity index (χ0) is 10.4. The number of benzene rings is 1. The second-order valence-corrected chi connectivity index (χ2v) is 4.98. The molecule has 1 aromatic rings. The van der Waals surface area contributed by atoms with E-state index in [1.165, 1.54) is 24.8 Å². The Morgan fingerprint density at radius 2 is 2.20 bits per heavy atom. The van der Waals surface area contributed by atoms with E-state index in [-0.39, 0.29) is 6.04 Å². The Labute approximate surface area is 94.8 Å². The molecule has 15 heavy (non-hydrogen) atoms. The van der Waals surface area contributed by atoms with Crippen molar-refractivity contribution in [3.63, 3.8) is 0 Å². The maximum atomic E-state index is 6.30. The molecule has 1 aliphatic carbocycles. The highest BCUT2D eigenvalue weighted by molar-refractivity contribution is 6.33. The molecule has 0 spiro atoms. The van der Waals surface area contributed by atoms with Crippen LogP contribution in [0.3, 0.4) is 0 Å². The van der Waals surface area contributed by atoms with Crippen molar-refractivity contribution < 1.29 is 0 Å². The van der Waals surface area contributed by atoms with Crippen molar-refractivity contribution in [3.05, 3.63) is 28.8 Å². The minimum atomic E-state index is 0.160. The summed E-state index contributed by atoms with van der Waals surface area (Å²) in [5, 5.41) is 4.35. The average Bonchev–Trinajstić information content (AvgIpc) is 2.68. The van der Waals surface area contributed by atoms with Gasteiger partial charge in [0.05, 0.1) is 10.7 Å². The quantitative estimate of drug-likeness (QED) is 0.709. The summed E-state index contributed by atoms with van der Waals surface area (Å²) in [6, 6.07) is 6.70. The number of halogens is 1. The molecule has 3 N–H and O–H groups in total. The van der Waals surface area contributed by atoms with Crippen LogP contribution in [0.1, 0.15) is 30.9 Å². The second-order valence-electron chi connectivity index (χ2n) is 4.58. The van der Waals surface area contributed by atoms with Gasteiger partial charge in [-0.15, -0.1) is 0 Å². The maximum Gasteiger partial charge on any atom is 0.0641 e. The average molecular weight is 223 g/mol. The lowest BCUT2D eigenvalue weighted by Gasteiger charge is -2.35. The van der Waals surface area contributed by atoms with Crippen LogP contribution in [0.25, 0.3) is 0 Å². The largest absolute Gasteiger partial charge is 0.380 e. The lowest BCUT2D eigenvalue weighted by molar-refractivity contribution is 0.401. The molecular formula is C12H15ClN2. The summed E-state index contributed by atoms with van der Waals surface area (Å²) in [7, 11) is 0. The molecule has 1 saturated carbocycles. The van der Waals surface area contributed by atoms with Gasteiger partial charge < -0.3 is 11.1 Å². The van der Waals surface area contributed by atoms with E-state index in [0.29, 0.717) is 12.0 Å². The Morgan fingerprint density at radius 1 is 1.33 bits per heavy atom. The molecule has 3 rings (SSSR count). The third kappa shape index (κ3) is 1.35. The van der Waals surface area contributed by atoms with Gasteiger partial charge in [-0.05, 0) is 30.4 Å². The molecule has 0 radical (unpaired) electrons. The smallest absolute Gasteiger partial charge is 0.0641 e. The monoisotopic (exact) mass is 222 g/mol. The SMILES string of the molecule is NC1c2cccc(Cl)c2NC2CCCC21. The van der Waals surface area contributed by atoms with Gasteiger partial charge in [0.15, 0.2) is 0 Å². The number of anilines is 1. The third-order valence-corrected chi connectivity index (χ3v) is 4.08. The first-order valence-electron chi connectivity index (χ1n) is 5.58. The fourth-order valence-corrected chi connectivity index (χ4v) is 3.22. The van der Waals surface area contributed by atoms with Crippen LogP contribution >= 0.6 is 11.6 Å². The molecule has 80 valence electrons. The highest BCUT2D eigenvalue weighted by atomic mass is 35.5. The first-order valence-corrected chi connectivity index (χ1v) is 5.95. The van der Waals surface area contributed by atoms with Gasteiger partial charge in [-0.2, -0.15) is 0 Å². The van der Waals surface area contributed by atoms with Gasteiger partial charge in [-0.25, -0.2) is 0 Å². The maximum absolute atomic E-state index is 6.30. The lowest BCUT2D eigenvalue weighted by atomic mass is 9.85. The summed E-state index contributed by atoms with van der Waals surface area (Å²) in [4.78, 5) is 0. The Hall–Kier alpha value is -0.730. The van der Waals surface area contributed by atoms with Gasteiger partial charge >= 0.3 is 0 Å². The van der Waals surface area contributed by atoms with E-state index in [4.69, 9.17) is 17.3 Å². The van der Waals surface area contributed by atoms with E-state index in [9.17, 15) is 0 Å². The lowest BCUT2D eigenvalue weighted by Crippen LogP contribution is -2.37. The first kappa shape index (κ1) is 9.49. The number of nitrogens with two attached hydrogens (primary N) is 1. The van der Waals surface area contributed by atoms with Crippen molar-refractivity contribution in [2.24, 2.45) is 11.7 Å². The Kier molecular flexibility index (Phi) is 2.15. The molecule has 1 aliphatic heterocycles. The predicted molar refractivity (Wildman–Crippen MR) is 63.1 cm³/mol. The minimum absolute atomic E-state index is 0.160. The fraction of sp³-hybridized carbons (Fsp3) is 0.500. The molecule has 3 atom stereocenters. The van der Waals surface area contributed by atoms with Crippen molar-refractivity contribution in [2.75, 3.05) is 5.32 Å². The molecule has 0 saturated heterocycles. The summed E-state index contributed by atoms with van der Waals surface area (Å²) in [6.07, 6.45) is 3.75. The van der Waals surface area contributed by atoms with Gasteiger partial charge in [0, 0.05) is 12.1 Å². The molecular weight excluding hydrogens is 208 g/mol. The van der Waals surface area contributed by atoms with Gasteiger partial charge in [0.25, 0.3) is 0 Å². The minimum Gasteiger partial charge on any atom is -0.380 e. The van der Waals surface area contributed by atoms with E-state index in [0.717, 1.165) is 10.7 Å². The molecule has 1 heterocycles. The molecule has 2 nitrogen and oxygen atoms in total. The molecule has 0 amide bonds. The molecule has 1 fully saturated rings. The van der Waals surface area contributed by atoms with Gasteiger partial charge in [-0.1, -0.05) is 30.2 Å². The van der Waals surface area contributed by atoms with Crippen molar-refractivity contribution >= 4 is 17.3 Å².